The van der Waals surface area contributed by atoms with Gasteiger partial charge in [-0.2, -0.15) is 0 Å². The summed E-state index contributed by atoms with van der Waals surface area (Å²) >= 11 is 0. The molecule has 3 aromatic carbocycles. The smallest absolute Gasteiger partial charge is 0.373 e. The van der Waals surface area contributed by atoms with Gasteiger partial charge < -0.3 is 4.74 Å². The van der Waals surface area contributed by atoms with Crippen LogP contribution in [0.1, 0.15) is 28.8 Å². The van der Waals surface area contributed by atoms with Gasteiger partial charge in [-0.15, -0.1) is 0 Å². The van der Waals surface area contributed by atoms with Gasteiger partial charge in [0.2, 0.25) is 12.6 Å². The number of morpholine rings is 1. The lowest BCUT2D eigenvalue weighted by atomic mass is 9.93. The van der Waals surface area contributed by atoms with Gasteiger partial charge in [0.15, 0.2) is 12.3 Å². The molecule has 0 saturated carbocycles. The SMILES string of the molecule is O=C1C[N+](=Cc2ccc([N+](=O)[O-])cc2)[C@@H](c2ccccc2)[C@@H](c2ccccc2)O1. The van der Waals surface area contributed by atoms with E-state index in [1.807, 2.05) is 71.5 Å². The molecule has 0 amide bonds. The van der Waals surface area contributed by atoms with Gasteiger partial charge in [0.25, 0.3) is 5.69 Å². The van der Waals surface area contributed by atoms with Crippen LogP contribution in [0.2, 0.25) is 0 Å². The molecule has 0 aromatic heterocycles. The zero-order chi connectivity index (χ0) is 20.2. The summed E-state index contributed by atoms with van der Waals surface area (Å²) in [7, 11) is 0. The van der Waals surface area contributed by atoms with Crippen LogP contribution in [0, 0.1) is 10.1 Å². The Labute approximate surface area is 167 Å². The van der Waals surface area contributed by atoms with E-state index in [9.17, 15) is 14.9 Å². The normalized spacial score (nSPS) is 20.3. The molecule has 144 valence electrons. The fourth-order valence-electron chi connectivity index (χ4n) is 3.57. The summed E-state index contributed by atoms with van der Waals surface area (Å²) in [5, 5.41) is 10.9. The Morgan fingerprint density at radius 2 is 1.48 bits per heavy atom. The van der Waals surface area contributed by atoms with E-state index < -0.39 is 11.0 Å². The molecule has 6 nitrogen and oxygen atoms in total. The fourth-order valence-corrected chi connectivity index (χ4v) is 3.57. The van der Waals surface area contributed by atoms with Crippen molar-refractivity contribution in [3.63, 3.8) is 0 Å². The van der Waals surface area contributed by atoms with Crippen molar-refractivity contribution in [1.82, 2.24) is 0 Å². The minimum atomic E-state index is -0.464. The van der Waals surface area contributed by atoms with E-state index in [4.69, 9.17) is 4.74 Å². The maximum Gasteiger partial charge on any atom is 0.373 e. The second kappa shape index (κ2) is 8.06. The molecule has 0 spiro atoms. The molecular weight excluding hydrogens is 368 g/mol. The van der Waals surface area contributed by atoms with Crippen molar-refractivity contribution in [2.24, 2.45) is 0 Å². The quantitative estimate of drug-likeness (QED) is 0.293. The van der Waals surface area contributed by atoms with Gasteiger partial charge in [-0.05, 0) is 17.7 Å². The van der Waals surface area contributed by atoms with Crippen LogP contribution in [0.15, 0.2) is 84.9 Å². The predicted molar refractivity (Wildman–Crippen MR) is 108 cm³/mol. The van der Waals surface area contributed by atoms with Crippen molar-refractivity contribution in [2.75, 3.05) is 6.54 Å². The molecule has 0 aliphatic carbocycles. The third kappa shape index (κ3) is 4.06. The van der Waals surface area contributed by atoms with Gasteiger partial charge >= 0.3 is 5.97 Å². The molecule has 1 saturated heterocycles. The zero-order valence-corrected chi connectivity index (χ0v) is 15.5. The molecule has 3 aromatic rings. The number of carbonyl (C=O) groups is 1. The van der Waals surface area contributed by atoms with Gasteiger partial charge in [0.1, 0.15) is 0 Å². The Hall–Kier alpha value is -3.80. The summed E-state index contributed by atoms with van der Waals surface area (Å²) in [6.07, 6.45) is 1.40. The van der Waals surface area contributed by atoms with E-state index in [1.165, 1.54) is 12.1 Å². The van der Waals surface area contributed by atoms with Crippen molar-refractivity contribution >= 4 is 17.9 Å². The first-order chi connectivity index (χ1) is 14.1. The van der Waals surface area contributed by atoms with E-state index in [0.717, 1.165) is 16.7 Å². The molecule has 29 heavy (non-hydrogen) atoms. The van der Waals surface area contributed by atoms with Crippen molar-refractivity contribution in [1.29, 1.82) is 0 Å². The Morgan fingerprint density at radius 1 is 0.897 bits per heavy atom. The number of ether oxygens (including phenoxy) is 1. The van der Waals surface area contributed by atoms with Crippen LogP contribution in [0.4, 0.5) is 5.69 Å². The van der Waals surface area contributed by atoms with Crippen molar-refractivity contribution in [2.45, 2.75) is 12.1 Å². The Bertz CT molecular complexity index is 1050. The number of nitro groups is 1. The number of cyclic esters (lactones) is 1. The molecule has 0 N–H and O–H groups in total. The first-order valence-electron chi connectivity index (χ1n) is 9.26. The molecule has 6 heteroatoms. The second-order valence-corrected chi connectivity index (χ2v) is 6.83. The highest BCUT2D eigenvalue weighted by molar-refractivity contribution is 5.78. The number of rotatable bonds is 4. The first-order valence-corrected chi connectivity index (χ1v) is 9.26. The number of hydrogen-bond donors (Lipinski definition) is 0. The summed E-state index contributed by atoms with van der Waals surface area (Å²) in [6.45, 7) is 0.0971. The number of esters is 1. The molecule has 4 rings (SSSR count). The highest BCUT2D eigenvalue weighted by atomic mass is 16.6. The molecule has 0 radical (unpaired) electrons. The highest BCUT2D eigenvalue weighted by Gasteiger charge is 2.42. The van der Waals surface area contributed by atoms with Crippen LogP contribution >= 0.6 is 0 Å². The monoisotopic (exact) mass is 387 g/mol. The predicted octanol–water partition coefficient (Wildman–Crippen LogP) is 4.07. The van der Waals surface area contributed by atoms with E-state index in [1.54, 1.807) is 12.1 Å². The molecule has 1 aliphatic rings. The van der Waals surface area contributed by atoms with Gasteiger partial charge in [-0.25, -0.2) is 9.37 Å². The van der Waals surface area contributed by atoms with Crippen LogP contribution < -0.4 is 0 Å². The number of nitro benzene ring substituents is 1. The maximum absolute atomic E-state index is 12.4. The average Bonchev–Trinajstić information content (AvgIpc) is 2.75. The summed E-state index contributed by atoms with van der Waals surface area (Å²) in [5.41, 5.74) is 2.74. The fraction of sp³-hybridized carbons (Fsp3) is 0.130. The second-order valence-electron chi connectivity index (χ2n) is 6.83. The van der Waals surface area contributed by atoms with E-state index >= 15 is 0 Å². The standard InChI is InChI=1S/C23H19N2O4/c26-21-16-24(15-17-11-13-20(14-12-17)25(27)28)22(18-7-3-1-4-8-18)23(29-21)19-9-5-2-6-10-19/h1-15,22-23H,16H2/q+1/t22-,23+/m0/s1. The van der Waals surface area contributed by atoms with Crippen LogP contribution in [0.3, 0.4) is 0 Å². The van der Waals surface area contributed by atoms with Crippen molar-refractivity contribution < 1.29 is 19.0 Å². The largest absolute Gasteiger partial charge is 0.445 e. The Kier molecular flexibility index (Phi) is 5.16. The van der Waals surface area contributed by atoms with Crippen LogP contribution in [-0.2, 0) is 9.53 Å². The van der Waals surface area contributed by atoms with Gasteiger partial charge in [0.05, 0.1) is 4.92 Å². The minimum absolute atomic E-state index is 0.0296. The first kappa shape index (κ1) is 18.6. The molecule has 2 atom stereocenters. The number of hydrogen-bond acceptors (Lipinski definition) is 4. The minimum Gasteiger partial charge on any atom is -0.445 e. The molecule has 1 aliphatic heterocycles. The van der Waals surface area contributed by atoms with Gasteiger partial charge in [-0.3, -0.25) is 10.1 Å². The van der Waals surface area contributed by atoms with Gasteiger partial charge in [-0.1, -0.05) is 60.7 Å². The van der Waals surface area contributed by atoms with E-state index in [2.05, 4.69) is 0 Å². The van der Waals surface area contributed by atoms with Crippen LogP contribution in [-0.4, -0.2) is 28.2 Å². The molecule has 1 heterocycles. The third-order valence-electron chi connectivity index (χ3n) is 4.90. The summed E-state index contributed by atoms with van der Waals surface area (Å²) in [4.78, 5) is 22.9. The molecule has 1 fully saturated rings. The van der Waals surface area contributed by atoms with Crippen LogP contribution in [0.5, 0.6) is 0 Å². The Morgan fingerprint density at radius 3 is 2.07 bits per heavy atom. The molecular formula is C23H19N2O4+. The Balaban J connectivity index is 1.79. The van der Waals surface area contributed by atoms with Crippen LogP contribution in [0.25, 0.3) is 0 Å². The summed E-state index contributed by atoms with van der Waals surface area (Å²) in [5.74, 6) is -0.316. The van der Waals surface area contributed by atoms with Gasteiger partial charge in [0, 0.05) is 23.3 Å². The van der Waals surface area contributed by atoms with Crippen molar-refractivity contribution in [3.8, 4) is 0 Å². The number of nitrogens with zero attached hydrogens (tertiary/aromatic N) is 2. The van der Waals surface area contributed by atoms with Crippen molar-refractivity contribution in [3.05, 3.63) is 112 Å². The van der Waals surface area contributed by atoms with E-state index in [-0.39, 0.29) is 24.2 Å². The average molecular weight is 387 g/mol. The number of carbonyl (C=O) groups excluding carboxylic acids is 1. The lowest BCUT2D eigenvalue weighted by Crippen LogP contribution is -2.39. The maximum atomic E-state index is 12.4. The lowest BCUT2D eigenvalue weighted by Gasteiger charge is -2.29. The number of benzene rings is 3. The summed E-state index contributed by atoms with van der Waals surface area (Å²) < 4.78 is 7.71. The zero-order valence-electron chi connectivity index (χ0n) is 15.5. The topological polar surface area (TPSA) is 72.5 Å². The summed E-state index contributed by atoms with van der Waals surface area (Å²) in [6, 6.07) is 25.6. The lowest BCUT2D eigenvalue weighted by molar-refractivity contribution is -0.583. The highest BCUT2D eigenvalue weighted by Crippen LogP contribution is 2.37. The molecule has 0 bridgehead atoms. The van der Waals surface area contributed by atoms with E-state index in [0.29, 0.717) is 0 Å². The number of non-ortho nitro benzene ring substituents is 1. The molecule has 0 unspecified atom stereocenters. The third-order valence-corrected chi connectivity index (χ3v) is 4.90.